The van der Waals surface area contributed by atoms with E-state index in [2.05, 4.69) is 29.8 Å². The number of carbonyl (C=O) groups is 1. The fraction of sp³-hybridized carbons (Fsp3) is 0.909. The van der Waals surface area contributed by atoms with Crippen LogP contribution in [0.25, 0.3) is 0 Å². The predicted octanol–water partition coefficient (Wildman–Crippen LogP) is 0.407. The van der Waals surface area contributed by atoms with Crippen molar-refractivity contribution in [3.8, 4) is 0 Å². The Morgan fingerprint density at radius 3 is 2.60 bits per heavy atom. The lowest BCUT2D eigenvalue weighted by atomic mass is 10.2. The third-order valence-corrected chi connectivity index (χ3v) is 3.44. The van der Waals surface area contributed by atoms with Crippen LogP contribution in [0, 0.1) is 23.7 Å². The van der Waals surface area contributed by atoms with Crippen LogP contribution < -0.4 is 16.0 Å². The van der Waals surface area contributed by atoms with Crippen molar-refractivity contribution < 1.29 is 4.79 Å². The van der Waals surface area contributed by atoms with Gasteiger partial charge in [-0.05, 0) is 36.8 Å². The fourth-order valence-corrected chi connectivity index (χ4v) is 2.42. The van der Waals surface area contributed by atoms with Gasteiger partial charge in [-0.15, -0.1) is 0 Å². The number of hydrogen-bond acceptors (Lipinski definition) is 2. The Hall–Kier alpha value is -0.770. The van der Waals surface area contributed by atoms with Crippen LogP contribution in [-0.2, 0) is 0 Å². The van der Waals surface area contributed by atoms with E-state index in [0.717, 1.165) is 43.9 Å². The number of rotatable bonds is 4. The first-order valence-electron chi connectivity index (χ1n) is 5.91. The summed E-state index contributed by atoms with van der Waals surface area (Å²) in [6.45, 7) is 8.08. The van der Waals surface area contributed by atoms with E-state index in [1.807, 2.05) is 0 Å². The minimum Gasteiger partial charge on any atom is -0.338 e. The molecule has 1 aliphatic carbocycles. The van der Waals surface area contributed by atoms with Gasteiger partial charge in [0, 0.05) is 13.1 Å². The lowest BCUT2D eigenvalue weighted by molar-refractivity contribution is 0.238. The minimum absolute atomic E-state index is 0.0124. The Morgan fingerprint density at radius 2 is 2.00 bits per heavy atom. The van der Waals surface area contributed by atoms with Gasteiger partial charge in [-0.2, -0.15) is 0 Å². The van der Waals surface area contributed by atoms with Gasteiger partial charge in [0.1, 0.15) is 0 Å². The molecule has 86 valence electrons. The molecular weight excluding hydrogens is 190 g/mol. The molecule has 3 N–H and O–H groups in total. The highest BCUT2D eigenvalue weighted by Crippen LogP contribution is 2.47. The molecule has 2 aliphatic rings. The van der Waals surface area contributed by atoms with Gasteiger partial charge in [-0.3, -0.25) is 0 Å². The van der Waals surface area contributed by atoms with E-state index in [9.17, 15) is 4.79 Å². The molecule has 2 atom stereocenters. The summed E-state index contributed by atoms with van der Waals surface area (Å²) < 4.78 is 0. The minimum atomic E-state index is -0.0124. The van der Waals surface area contributed by atoms with E-state index in [0.29, 0.717) is 5.92 Å². The number of carbonyl (C=O) groups excluding carboxylic acids is 1. The average Bonchev–Trinajstić information content (AvgIpc) is 2.63. The van der Waals surface area contributed by atoms with E-state index in [1.54, 1.807) is 0 Å². The van der Waals surface area contributed by atoms with Gasteiger partial charge in [0.2, 0.25) is 0 Å². The van der Waals surface area contributed by atoms with Gasteiger partial charge in [0.25, 0.3) is 0 Å². The summed E-state index contributed by atoms with van der Waals surface area (Å²) in [7, 11) is 0. The highest BCUT2D eigenvalue weighted by atomic mass is 16.2. The molecule has 2 fully saturated rings. The zero-order valence-corrected chi connectivity index (χ0v) is 9.55. The molecule has 0 bridgehead atoms. The zero-order chi connectivity index (χ0) is 10.8. The van der Waals surface area contributed by atoms with E-state index in [1.165, 1.54) is 0 Å². The molecule has 1 heterocycles. The monoisotopic (exact) mass is 211 g/mol. The van der Waals surface area contributed by atoms with Crippen LogP contribution in [0.5, 0.6) is 0 Å². The Kier molecular flexibility index (Phi) is 3.14. The Bertz CT molecular complexity index is 232. The molecule has 2 amide bonds. The topological polar surface area (TPSA) is 53.2 Å². The van der Waals surface area contributed by atoms with Crippen molar-refractivity contribution in [1.82, 2.24) is 16.0 Å². The molecule has 2 rings (SSSR count). The Morgan fingerprint density at radius 1 is 1.33 bits per heavy atom. The zero-order valence-electron chi connectivity index (χ0n) is 9.55. The summed E-state index contributed by atoms with van der Waals surface area (Å²) >= 11 is 0. The molecule has 0 radical (unpaired) electrons. The van der Waals surface area contributed by atoms with Crippen molar-refractivity contribution >= 4 is 6.03 Å². The first kappa shape index (κ1) is 10.7. The van der Waals surface area contributed by atoms with E-state index >= 15 is 0 Å². The smallest absolute Gasteiger partial charge is 0.314 e. The average molecular weight is 211 g/mol. The SMILES string of the molecule is CC(C)CNC(=O)NCC1C2CNCC21. The first-order valence-corrected chi connectivity index (χ1v) is 5.91. The second-order valence-corrected chi connectivity index (χ2v) is 5.13. The van der Waals surface area contributed by atoms with Gasteiger partial charge in [0.15, 0.2) is 0 Å². The Balaban J connectivity index is 1.56. The van der Waals surface area contributed by atoms with Crippen molar-refractivity contribution in [2.75, 3.05) is 26.2 Å². The normalized spacial score (nSPS) is 32.6. The molecule has 4 heteroatoms. The molecule has 2 unspecified atom stereocenters. The summed E-state index contributed by atoms with van der Waals surface area (Å²) in [5.74, 6) is 2.90. The highest BCUT2D eigenvalue weighted by Gasteiger charge is 2.52. The molecule has 0 aromatic rings. The Labute approximate surface area is 91.2 Å². The van der Waals surface area contributed by atoms with Crippen molar-refractivity contribution in [3.05, 3.63) is 0 Å². The van der Waals surface area contributed by atoms with Crippen LogP contribution in [0.2, 0.25) is 0 Å². The molecule has 0 aromatic heterocycles. The third-order valence-electron chi connectivity index (χ3n) is 3.44. The fourth-order valence-electron chi connectivity index (χ4n) is 2.42. The van der Waals surface area contributed by atoms with E-state index in [4.69, 9.17) is 0 Å². The second kappa shape index (κ2) is 4.39. The number of piperidine rings is 1. The molecule has 4 nitrogen and oxygen atoms in total. The highest BCUT2D eigenvalue weighted by molar-refractivity contribution is 5.73. The first-order chi connectivity index (χ1) is 7.18. The van der Waals surface area contributed by atoms with Crippen molar-refractivity contribution in [2.45, 2.75) is 13.8 Å². The van der Waals surface area contributed by atoms with Crippen LogP contribution in [0.3, 0.4) is 0 Å². The summed E-state index contributed by atoms with van der Waals surface area (Å²) in [6, 6.07) is -0.0124. The van der Waals surface area contributed by atoms with Crippen LogP contribution in [0.4, 0.5) is 4.79 Å². The van der Waals surface area contributed by atoms with Crippen LogP contribution in [0.1, 0.15) is 13.8 Å². The van der Waals surface area contributed by atoms with Gasteiger partial charge in [-0.1, -0.05) is 13.8 Å². The molecule has 1 saturated carbocycles. The van der Waals surface area contributed by atoms with Crippen LogP contribution in [0.15, 0.2) is 0 Å². The number of amides is 2. The lowest BCUT2D eigenvalue weighted by Gasteiger charge is -2.10. The number of urea groups is 1. The maximum Gasteiger partial charge on any atom is 0.314 e. The molecule has 1 aliphatic heterocycles. The summed E-state index contributed by atoms with van der Waals surface area (Å²) in [6.07, 6.45) is 0. The number of fused-ring (bicyclic) bond motifs is 1. The van der Waals surface area contributed by atoms with Gasteiger partial charge < -0.3 is 16.0 Å². The number of hydrogen-bond donors (Lipinski definition) is 3. The van der Waals surface area contributed by atoms with Gasteiger partial charge >= 0.3 is 6.03 Å². The third kappa shape index (κ3) is 2.62. The van der Waals surface area contributed by atoms with Crippen LogP contribution in [-0.4, -0.2) is 32.2 Å². The summed E-state index contributed by atoms with van der Waals surface area (Å²) in [5.41, 5.74) is 0. The standard InChI is InChI=1S/C11H21N3O/c1-7(2)3-13-11(15)14-6-10-8-4-12-5-9(8)10/h7-10,12H,3-6H2,1-2H3,(H2,13,14,15). The van der Waals surface area contributed by atoms with Crippen molar-refractivity contribution in [3.63, 3.8) is 0 Å². The predicted molar refractivity (Wildman–Crippen MR) is 59.6 cm³/mol. The molecule has 0 spiro atoms. The van der Waals surface area contributed by atoms with E-state index < -0.39 is 0 Å². The maximum absolute atomic E-state index is 11.4. The molecular formula is C11H21N3O. The van der Waals surface area contributed by atoms with Gasteiger partial charge in [0.05, 0.1) is 0 Å². The van der Waals surface area contributed by atoms with Gasteiger partial charge in [-0.25, -0.2) is 4.79 Å². The maximum atomic E-state index is 11.4. The quantitative estimate of drug-likeness (QED) is 0.631. The molecule has 15 heavy (non-hydrogen) atoms. The molecule has 1 saturated heterocycles. The number of nitrogens with one attached hydrogen (secondary N) is 3. The van der Waals surface area contributed by atoms with Crippen molar-refractivity contribution in [2.24, 2.45) is 23.7 Å². The second-order valence-electron chi connectivity index (χ2n) is 5.13. The van der Waals surface area contributed by atoms with Crippen LogP contribution >= 0.6 is 0 Å². The van der Waals surface area contributed by atoms with Crippen molar-refractivity contribution in [1.29, 1.82) is 0 Å². The van der Waals surface area contributed by atoms with E-state index in [-0.39, 0.29) is 6.03 Å². The summed E-state index contributed by atoms with van der Waals surface area (Å²) in [5, 5.41) is 9.17. The largest absolute Gasteiger partial charge is 0.338 e. The summed E-state index contributed by atoms with van der Waals surface area (Å²) in [4.78, 5) is 11.4. The lowest BCUT2D eigenvalue weighted by Crippen LogP contribution is -2.39. The molecule has 0 aromatic carbocycles.